The molecule has 0 bridgehead atoms. The zero-order valence-electron chi connectivity index (χ0n) is 19.1. The lowest BCUT2D eigenvalue weighted by atomic mass is 9.98. The molecule has 2 aromatic carbocycles. The predicted octanol–water partition coefficient (Wildman–Crippen LogP) is 5.13. The van der Waals surface area contributed by atoms with Gasteiger partial charge in [-0.05, 0) is 55.7 Å². The van der Waals surface area contributed by atoms with Gasteiger partial charge >= 0.3 is 0 Å². The van der Waals surface area contributed by atoms with Crippen LogP contribution in [0, 0.1) is 13.8 Å². The molecule has 164 valence electrons. The highest BCUT2D eigenvalue weighted by molar-refractivity contribution is 5.58. The summed E-state index contributed by atoms with van der Waals surface area (Å²) >= 11 is 0. The number of fused-ring (bicyclic) bond motifs is 1. The van der Waals surface area contributed by atoms with Gasteiger partial charge in [-0.15, -0.1) is 0 Å². The van der Waals surface area contributed by atoms with Gasteiger partial charge in [0.05, 0.1) is 27.4 Å². The monoisotopic (exact) mass is 420 g/mol. The summed E-state index contributed by atoms with van der Waals surface area (Å²) in [6, 6.07) is 15.2. The Morgan fingerprint density at radius 2 is 1.71 bits per heavy atom. The Bertz CT molecular complexity index is 1060. The molecular formula is C26H32N2O3. The fourth-order valence-corrected chi connectivity index (χ4v) is 4.75. The summed E-state index contributed by atoms with van der Waals surface area (Å²) in [6.45, 7) is 7.23. The van der Waals surface area contributed by atoms with Crippen LogP contribution in [0.4, 0.5) is 0 Å². The molecule has 0 saturated carbocycles. The number of nitrogens with zero attached hydrogens (tertiary/aromatic N) is 2. The maximum atomic E-state index is 5.89. The minimum absolute atomic E-state index is 0.0490. The molecule has 0 spiro atoms. The van der Waals surface area contributed by atoms with E-state index in [1.165, 1.54) is 22.4 Å². The van der Waals surface area contributed by atoms with Crippen molar-refractivity contribution in [2.45, 2.75) is 39.4 Å². The number of methoxy groups -OCH3 is 3. The lowest BCUT2D eigenvalue weighted by Crippen LogP contribution is -2.30. The third-order valence-corrected chi connectivity index (χ3v) is 6.26. The SMILES string of the molecule is COc1ccc([C@H]2c3cccn3CCCN2Cc2ccc(C)cc2C)c(OC)c1OC. The molecule has 2 heterocycles. The molecule has 0 N–H and O–H groups in total. The van der Waals surface area contributed by atoms with E-state index in [2.05, 4.69) is 65.9 Å². The molecule has 1 atom stereocenters. The Morgan fingerprint density at radius 3 is 2.42 bits per heavy atom. The Kier molecular flexibility index (Phi) is 6.23. The van der Waals surface area contributed by atoms with Crippen LogP contribution in [0.25, 0.3) is 0 Å². The van der Waals surface area contributed by atoms with Gasteiger partial charge in [-0.3, -0.25) is 4.90 Å². The first-order chi connectivity index (χ1) is 15.1. The van der Waals surface area contributed by atoms with Crippen molar-refractivity contribution >= 4 is 0 Å². The second-order valence-corrected chi connectivity index (χ2v) is 8.21. The third kappa shape index (κ3) is 4.02. The van der Waals surface area contributed by atoms with Gasteiger partial charge < -0.3 is 18.8 Å². The number of aryl methyl sites for hydroxylation is 3. The first-order valence-electron chi connectivity index (χ1n) is 10.8. The van der Waals surface area contributed by atoms with E-state index in [-0.39, 0.29) is 6.04 Å². The van der Waals surface area contributed by atoms with Crippen LogP contribution < -0.4 is 14.2 Å². The number of benzene rings is 2. The molecule has 5 heteroatoms. The van der Waals surface area contributed by atoms with Crippen molar-refractivity contribution in [2.75, 3.05) is 27.9 Å². The van der Waals surface area contributed by atoms with Crippen LogP contribution in [0.3, 0.4) is 0 Å². The number of rotatable bonds is 6. The summed E-state index contributed by atoms with van der Waals surface area (Å²) in [7, 11) is 5.01. The van der Waals surface area contributed by atoms with Gasteiger partial charge in [0.15, 0.2) is 11.5 Å². The Balaban J connectivity index is 1.85. The highest BCUT2D eigenvalue weighted by Gasteiger charge is 2.32. The number of hydrogen-bond acceptors (Lipinski definition) is 4. The van der Waals surface area contributed by atoms with Crippen LogP contribution in [-0.2, 0) is 13.1 Å². The molecular weight excluding hydrogens is 388 g/mol. The van der Waals surface area contributed by atoms with Crippen LogP contribution in [-0.4, -0.2) is 37.3 Å². The molecule has 1 aliphatic heterocycles. The predicted molar refractivity (Wildman–Crippen MR) is 123 cm³/mol. The van der Waals surface area contributed by atoms with Gasteiger partial charge in [0.2, 0.25) is 5.75 Å². The zero-order valence-corrected chi connectivity index (χ0v) is 19.1. The van der Waals surface area contributed by atoms with Crippen molar-refractivity contribution in [3.8, 4) is 17.2 Å². The standard InChI is InChI=1S/C26H32N2O3/c1-18-9-10-20(19(2)16-18)17-28-15-7-14-27-13-6-8-22(27)24(28)21-11-12-23(29-3)26(31-5)25(21)30-4/h6,8-13,16,24H,7,14-15,17H2,1-5H3/t24-/m0/s1. The van der Waals surface area contributed by atoms with E-state index >= 15 is 0 Å². The molecule has 0 amide bonds. The summed E-state index contributed by atoms with van der Waals surface area (Å²) in [5.41, 5.74) is 6.34. The van der Waals surface area contributed by atoms with Gasteiger partial charge in [-0.1, -0.05) is 23.8 Å². The molecule has 31 heavy (non-hydrogen) atoms. The minimum Gasteiger partial charge on any atom is -0.493 e. The summed E-state index contributed by atoms with van der Waals surface area (Å²) < 4.78 is 19.5. The Morgan fingerprint density at radius 1 is 0.903 bits per heavy atom. The van der Waals surface area contributed by atoms with E-state index < -0.39 is 0 Å². The molecule has 0 fully saturated rings. The van der Waals surface area contributed by atoms with Gasteiger partial charge in [-0.25, -0.2) is 0 Å². The van der Waals surface area contributed by atoms with Gasteiger partial charge in [-0.2, -0.15) is 0 Å². The van der Waals surface area contributed by atoms with Crippen LogP contribution in [0.1, 0.15) is 40.4 Å². The Labute approximate surface area is 185 Å². The van der Waals surface area contributed by atoms with Crippen molar-refractivity contribution in [3.05, 3.63) is 76.6 Å². The number of ether oxygens (including phenoxy) is 3. The minimum atomic E-state index is 0.0490. The largest absolute Gasteiger partial charge is 0.493 e. The van der Waals surface area contributed by atoms with E-state index in [4.69, 9.17) is 14.2 Å². The van der Waals surface area contributed by atoms with Crippen LogP contribution in [0.2, 0.25) is 0 Å². The average molecular weight is 421 g/mol. The average Bonchev–Trinajstić information content (AvgIpc) is 3.16. The highest BCUT2D eigenvalue weighted by Crippen LogP contribution is 2.46. The van der Waals surface area contributed by atoms with E-state index in [1.54, 1.807) is 21.3 Å². The molecule has 5 nitrogen and oxygen atoms in total. The van der Waals surface area contributed by atoms with Gasteiger partial charge in [0.25, 0.3) is 0 Å². The second-order valence-electron chi connectivity index (χ2n) is 8.21. The Hall–Kier alpha value is -2.92. The number of hydrogen-bond donors (Lipinski definition) is 0. The molecule has 0 saturated heterocycles. The smallest absolute Gasteiger partial charge is 0.203 e. The van der Waals surface area contributed by atoms with E-state index in [0.717, 1.165) is 37.4 Å². The van der Waals surface area contributed by atoms with Gasteiger partial charge in [0.1, 0.15) is 0 Å². The van der Waals surface area contributed by atoms with Crippen LogP contribution in [0.5, 0.6) is 17.2 Å². The van der Waals surface area contributed by atoms with E-state index in [9.17, 15) is 0 Å². The number of aromatic nitrogens is 1. The van der Waals surface area contributed by atoms with E-state index in [1.807, 2.05) is 6.07 Å². The van der Waals surface area contributed by atoms with E-state index in [0.29, 0.717) is 11.5 Å². The lowest BCUT2D eigenvalue weighted by Gasteiger charge is -2.32. The lowest BCUT2D eigenvalue weighted by molar-refractivity contribution is 0.214. The molecule has 3 aromatic rings. The summed E-state index contributed by atoms with van der Waals surface area (Å²) in [5, 5.41) is 0. The normalized spacial score (nSPS) is 16.5. The van der Waals surface area contributed by atoms with Crippen LogP contribution >= 0.6 is 0 Å². The van der Waals surface area contributed by atoms with Crippen molar-refractivity contribution in [1.82, 2.24) is 9.47 Å². The summed E-state index contributed by atoms with van der Waals surface area (Å²) in [6.07, 6.45) is 3.27. The fourth-order valence-electron chi connectivity index (χ4n) is 4.75. The maximum Gasteiger partial charge on any atom is 0.203 e. The topological polar surface area (TPSA) is 35.9 Å². The summed E-state index contributed by atoms with van der Waals surface area (Å²) in [4.78, 5) is 2.56. The molecule has 0 aliphatic carbocycles. The molecule has 4 rings (SSSR count). The first-order valence-corrected chi connectivity index (χ1v) is 10.8. The van der Waals surface area contributed by atoms with Crippen molar-refractivity contribution in [2.24, 2.45) is 0 Å². The van der Waals surface area contributed by atoms with Crippen molar-refractivity contribution < 1.29 is 14.2 Å². The third-order valence-electron chi connectivity index (χ3n) is 6.26. The molecule has 1 aromatic heterocycles. The quantitative estimate of drug-likeness (QED) is 0.554. The molecule has 0 unspecified atom stereocenters. The second kappa shape index (κ2) is 9.06. The summed E-state index contributed by atoms with van der Waals surface area (Å²) in [5.74, 6) is 2.04. The van der Waals surface area contributed by atoms with Crippen molar-refractivity contribution in [3.63, 3.8) is 0 Å². The van der Waals surface area contributed by atoms with Gasteiger partial charge in [0, 0.05) is 37.1 Å². The fraction of sp³-hybridized carbons (Fsp3) is 0.385. The highest BCUT2D eigenvalue weighted by atomic mass is 16.5. The van der Waals surface area contributed by atoms with Crippen molar-refractivity contribution in [1.29, 1.82) is 0 Å². The molecule has 0 radical (unpaired) electrons. The first kappa shape index (κ1) is 21.3. The zero-order chi connectivity index (χ0) is 22.0. The molecule has 1 aliphatic rings. The van der Waals surface area contributed by atoms with Crippen LogP contribution in [0.15, 0.2) is 48.7 Å². The maximum absolute atomic E-state index is 5.89.